The van der Waals surface area contributed by atoms with Crippen molar-refractivity contribution in [1.82, 2.24) is 0 Å². The molecule has 0 rings (SSSR count). The summed E-state index contributed by atoms with van der Waals surface area (Å²) in [5.41, 5.74) is -0.258. The van der Waals surface area contributed by atoms with Gasteiger partial charge in [0.25, 0.3) is 0 Å². The maximum atomic E-state index is 11.5. The average molecular weight is 133 g/mol. The second kappa shape index (κ2) is 3.83. The Labute approximate surface area is 56.2 Å². The highest BCUT2D eigenvalue weighted by atomic mass is 19.1. The number of alkyl halides is 1. The molecule has 0 unspecified atom stereocenters. The summed E-state index contributed by atoms with van der Waals surface area (Å²) in [6.45, 7) is 7.23. The van der Waals surface area contributed by atoms with E-state index in [0.29, 0.717) is 6.42 Å². The normalized spacial score (nSPS) is 12.0. The van der Waals surface area contributed by atoms with Crippen molar-refractivity contribution in [2.45, 2.75) is 25.9 Å². The van der Waals surface area contributed by atoms with Crippen LogP contribution in [0.5, 0.6) is 0 Å². The van der Waals surface area contributed by atoms with Gasteiger partial charge in [0, 0.05) is 0 Å². The Morgan fingerprint density at radius 1 is 1.56 bits per heavy atom. The van der Waals surface area contributed by atoms with Crippen LogP contribution in [0.25, 0.3) is 0 Å². The highest BCUT2D eigenvalue weighted by Gasteiger charge is 2.13. The van der Waals surface area contributed by atoms with Gasteiger partial charge in [-0.1, -0.05) is 6.92 Å². The van der Waals surface area contributed by atoms with Crippen LogP contribution in [0.1, 0.15) is 20.3 Å². The van der Waals surface area contributed by atoms with E-state index >= 15 is 0 Å². The fourth-order valence-corrected chi connectivity index (χ4v) is 0.387. The van der Waals surface area contributed by atoms with Gasteiger partial charge in [0.05, 0.1) is 12.2 Å². The molecule has 0 fully saturated rings. The monoisotopic (exact) mass is 133 g/mol. The van der Waals surface area contributed by atoms with Crippen LogP contribution in [-0.4, -0.2) is 18.9 Å². The van der Waals surface area contributed by atoms with Crippen molar-refractivity contribution in [2.75, 3.05) is 13.3 Å². The molecule has 0 aromatic carbocycles. The summed E-state index contributed by atoms with van der Waals surface area (Å²) >= 11 is 0. The molecular weight excluding hydrogens is 119 g/mol. The zero-order valence-electron chi connectivity index (χ0n) is 6.11. The lowest BCUT2D eigenvalue weighted by molar-refractivity contribution is -0.0211. The van der Waals surface area contributed by atoms with Crippen molar-refractivity contribution in [2.24, 2.45) is 0 Å². The summed E-state index contributed by atoms with van der Waals surface area (Å²) in [5, 5.41) is 0. The lowest BCUT2D eigenvalue weighted by Crippen LogP contribution is -2.24. The minimum Gasteiger partial charge on any atom is -0.373 e. The summed E-state index contributed by atoms with van der Waals surface area (Å²) in [6.07, 6.45) is 0.674. The summed E-state index contributed by atoms with van der Waals surface area (Å²) in [7, 11) is 0. The van der Waals surface area contributed by atoms with Gasteiger partial charge in [0.2, 0.25) is 0 Å². The predicted octanol–water partition coefficient (Wildman–Crippen LogP) is 1.98. The van der Waals surface area contributed by atoms with E-state index in [1.807, 2.05) is 13.8 Å². The molecule has 0 aliphatic carbocycles. The van der Waals surface area contributed by atoms with Crippen molar-refractivity contribution in [3.8, 4) is 0 Å². The zero-order valence-corrected chi connectivity index (χ0v) is 6.11. The zero-order chi connectivity index (χ0) is 7.33. The Bertz CT molecular complexity index is 71.3. The first-order chi connectivity index (χ1) is 4.12. The second-order valence-corrected chi connectivity index (χ2v) is 2.55. The number of halogens is 1. The van der Waals surface area contributed by atoms with Gasteiger partial charge in [-0.25, -0.2) is 4.39 Å². The fraction of sp³-hybridized carbons (Fsp3) is 0.857. The van der Waals surface area contributed by atoms with Gasteiger partial charge in [-0.2, -0.15) is 0 Å². The van der Waals surface area contributed by atoms with Gasteiger partial charge in [-0.15, -0.1) is 0 Å². The smallest absolute Gasteiger partial charge is 0.113 e. The molecule has 0 heterocycles. The Balaban J connectivity index is 3.33. The summed E-state index contributed by atoms with van der Waals surface area (Å²) in [6, 6.07) is 0. The first-order valence-electron chi connectivity index (χ1n) is 3.11. The van der Waals surface area contributed by atoms with E-state index in [2.05, 4.69) is 6.92 Å². The van der Waals surface area contributed by atoms with E-state index in [-0.39, 0.29) is 12.2 Å². The first-order valence-corrected chi connectivity index (χ1v) is 3.11. The van der Waals surface area contributed by atoms with E-state index in [9.17, 15) is 4.39 Å². The van der Waals surface area contributed by atoms with Crippen molar-refractivity contribution in [3.63, 3.8) is 0 Å². The molecule has 0 aliphatic rings. The van der Waals surface area contributed by atoms with Crippen molar-refractivity contribution in [3.05, 3.63) is 6.92 Å². The number of ether oxygens (including phenoxy) is 1. The fourth-order valence-electron chi connectivity index (χ4n) is 0.387. The molecule has 0 aliphatic heterocycles. The Morgan fingerprint density at radius 3 is 2.44 bits per heavy atom. The molecule has 0 amide bonds. The van der Waals surface area contributed by atoms with Crippen LogP contribution >= 0.6 is 0 Å². The molecule has 0 saturated carbocycles. The van der Waals surface area contributed by atoms with Crippen molar-refractivity contribution < 1.29 is 9.13 Å². The highest BCUT2D eigenvalue weighted by Crippen LogP contribution is 2.12. The van der Waals surface area contributed by atoms with Gasteiger partial charge in [-0.05, 0) is 20.3 Å². The molecule has 0 N–H and O–H groups in total. The van der Waals surface area contributed by atoms with E-state index in [0.717, 1.165) is 0 Å². The average Bonchev–Trinajstić information content (AvgIpc) is 1.84. The molecule has 0 aromatic heterocycles. The maximum Gasteiger partial charge on any atom is 0.113 e. The quantitative estimate of drug-likeness (QED) is 0.569. The van der Waals surface area contributed by atoms with Crippen LogP contribution in [0, 0.1) is 6.92 Å². The van der Waals surface area contributed by atoms with Gasteiger partial charge in [0.15, 0.2) is 0 Å². The van der Waals surface area contributed by atoms with E-state index in [1.165, 1.54) is 0 Å². The standard InChI is InChI=1S/C7H14FO/c1-4-7(2,3)9-6-5-8/h1,4-6H2,2-3H3. The molecule has 1 nitrogen and oxygen atoms in total. The summed E-state index contributed by atoms with van der Waals surface area (Å²) < 4.78 is 16.6. The molecule has 0 spiro atoms. The first kappa shape index (κ1) is 8.89. The predicted molar refractivity (Wildman–Crippen MR) is 36.0 cm³/mol. The largest absolute Gasteiger partial charge is 0.373 e. The third-order valence-corrected chi connectivity index (χ3v) is 1.17. The lowest BCUT2D eigenvalue weighted by Gasteiger charge is -2.22. The number of hydrogen-bond acceptors (Lipinski definition) is 1. The van der Waals surface area contributed by atoms with Crippen LogP contribution < -0.4 is 0 Å². The number of hydrogen-bond donors (Lipinski definition) is 0. The molecular formula is C7H14FO. The van der Waals surface area contributed by atoms with Crippen molar-refractivity contribution in [1.29, 1.82) is 0 Å². The molecule has 1 radical (unpaired) electrons. The van der Waals surface area contributed by atoms with E-state index in [1.54, 1.807) is 0 Å². The Kier molecular flexibility index (Phi) is 3.78. The van der Waals surface area contributed by atoms with Crippen LogP contribution in [0.4, 0.5) is 4.39 Å². The SMILES string of the molecule is [CH2]CC(C)(C)OCCF. The van der Waals surface area contributed by atoms with Crippen LogP contribution in [0.2, 0.25) is 0 Å². The third-order valence-electron chi connectivity index (χ3n) is 1.17. The second-order valence-electron chi connectivity index (χ2n) is 2.55. The molecule has 2 heteroatoms. The molecule has 0 aromatic rings. The lowest BCUT2D eigenvalue weighted by atomic mass is 10.1. The van der Waals surface area contributed by atoms with Gasteiger partial charge in [-0.3, -0.25) is 0 Å². The molecule has 0 saturated heterocycles. The molecule has 0 bridgehead atoms. The summed E-state index contributed by atoms with van der Waals surface area (Å²) in [5.74, 6) is 0. The molecule has 9 heavy (non-hydrogen) atoms. The number of rotatable bonds is 4. The Morgan fingerprint density at radius 2 is 2.11 bits per heavy atom. The third kappa shape index (κ3) is 4.40. The topological polar surface area (TPSA) is 9.23 Å². The molecule has 55 valence electrons. The van der Waals surface area contributed by atoms with Gasteiger partial charge < -0.3 is 4.74 Å². The van der Waals surface area contributed by atoms with Crippen LogP contribution in [0.3, 0.4) is 0 Å². The van der Waals surface area contributed by atoms with Crippen molar-refractivity contribution >= 4 is 0 Å². The Hall–Kier alpha value is -0.110. The van der Waals surface area contributed by atoms with Gasteiger partial charge in [0.1, 0.15) is 6.67 Å². The highest BCUT2D eigenvalue weighted by molar-refractivity contribution is 4.68. The summed E-state index contributed by atoms with van der Waals surface area (Å²) in [4.78, 5) is 0. The minimum absolute atomic E-state index is 0.183. The van der Waals surface area contributed by atoms with E-state index < -0.39 is 6.67 Å². The minimum atomic E-state index is -0.413. The van der Waals surface area contributed by atoms with Crippen LogP contribution in [0.15, 0.2) is 0 Å². The molecule has 0 atom stereocenters. The van der Waals surface area contributed by atoms with Crippen LogP contribution in [-0.2, 0) is 4.74 Å². The maximum absolute atomic E-state index is 11.5. The van der Waals surface area contributed by atoms with Gasteiger partial charge >= 0.3 is 0 Å². The van der Waals surface area contributed by atoms with E-state index in [4.69, 9.17) is 4.74 Å².